The van der Waals surface area contributed by atoms with Crippen molar-refractivity contribution in [3.63, 3.8) is 0 Å². The van der Waals surface area contributed by atoms with Gasteiger partial charge in [0.2, 0.25) is 0 Å². The number of hydrogen-bond acceptors (Lipinski definition) is 3. The fourth-order valence-corrected chi connectivity index (χ4v) is 2.18. The van der Waals surface area contributed by atoms with Crippen LogP contribution in [0, 0.1) is 13.8 Å². The second-order valence-corrected chi connectivity index (χ2v) is 5.55. The van der Waals surface area contributed by atoms with Gasteiger partial charge in [-0.25, -0.2) is 0 Å². The van der Waals surface area contributed by atoms with E-state index >= 15 is 0 Å². The van der Waals surface area contributed by atoms with Gasteiger partial charge >= 0.3 is 0 Å². The van der Waals surface area contributed by atoms with Gasteiger partial charge in [0.1, 0.15) is 5.75 Å². The van der Waals surface area contributed by atoms with E-state index in [1.54, 1.807) is 12.1 Å². The summed E-state index contributed by atoms with van der Waals surface area (Å²) in [7, 11) is 0. The number of carbonyl (C=O) groups excluding carboxylic acids is 1. The number of phenols is 1. The Morgan fingerprint density at radius 3 is 2.50 bits per heavy atom. The number of nitrogens with one attached hydrogen (secondary N) is 1. The number of rotatable bonds is 2. The quantitative estimate of drug-likeness (QED) is 0.734. The van der Waals surface area contributed by atoms with E-state index in [4.69, 9.17) is 5.73 Å². The Kier molecular flexibility index (Phi) is 3.99. The van der Waals surface area contributed by atoms with E-state index in [-0.39, 0.29) is 11.3 Å². The van der Waals surface area contributed by atoms with Crippen LogP contribution in [0.25, 0.3) is 0 Å². The summed E-state index contributed by atoms with van der Waals surface area (Å²) in [5, 5.41) is 12.5. The third-order valence-electron chi connectivity index (χ3n) is 3.12. The van der Waals surface area contributed by atoms with Crippen molar-refractivity contribution in [1.29, 1.82) is 0 Å². The summed E-state index contributed by atoms with van der Waals surface area (Å²) in [5.74, 6) is -0.482. The second kappa shape index (κ2) is 5.54. The van der Waals surface area contributed by atoms with Gasteiger partial charge in [0.15, 0.2) is 0 Å². The normalized spacial score (nSPS) is 10.3. The molecule has 0 aliphatic rings. The molecule has 0 radical (unpaired) electrons. The zero-order valence-electron chi connectivity index (χ0n) is 11.2. The maximum atomic E-state index is 12.2. The fraction of sp³-hybridized carbons (Fsp3) is 0.133. The van der Waals surface area contributed by atoms with Gasteiger partial charge in [-0.15, -0.1) is 0 Å². The Hall–Kier alpha value is -2.01. The van der Waals surface area contributed by atoms with Gasteiger partial charge in [-0.3, -0.25) is 4.79 Å². The molecule has 0 aromatic heterocycles. The van der Waals surface area contributed by atoms with E-state index in [2.05, 4.69) is 21.2 Å². The van der Waals surface area contributed by atoms with Crippen LogP contribution in [0.3, 0.4) is 0 Å². The van der Waals surface area contributed by atoms with Crippen LogP contribution < -0.4 is 11.1 Å². The summed E-state index contributed by atoms with van der Waals surface area (Å²) in [6, 6.07) is 8.34. The fourth-order valence-electron chi connectivity index (χ4n) is 1.83. The first-order valence-corrected chi connectivity index (χ1v) is 6.84. The van der Waals surface area contributed by atoms with Crippen molar-refractivity contribution in [2.45, 2.75) is 13.8 Å². The minimum absolute atomic E-state index is 0.0840. The van der Waals surface area contributed by atoms with Crippen LogP contribution in [0.2, 0.25) is 0 Å². The molecule has 0 atom stereocenters. The predicted molar refractivity (Wildman–Crippen MR) is 84.1 cm³/mol. The predicted octanol–water partition coefficient (Wildman–Crippen LogP) is 3.61. The molecule has 0 bridgehead atoms. The molecule has 4 nitrogen and oxygen atoms in total. The number of phenolic OH excluding ortho intramolecular Hbond substituents is 1. The number of benzene rings is 2. The van der Waals surface area contributed by atoms with Crippen molar-refractivity contribution in [3.8, 4) is 5.75 Å². The van der Waals surface area contributed by atoms with Crippen molar-refractivity contribution in [2.75, 3.05) is 11.1 Å². The summed E-state index contributed by atoms with van der Waals surface area (Å²) < 4.78 is 0.706. The van der Waals surface area contributed by atoms with Crippen LogP contribution in [0.1, 0.15) is 21.5 Å². The first-order valence-electron chi connectivity index (χ1n) is 6.05. The van der Waals surface area contributed by atoms with Gasteiger partial charge in [-0.05, 0) is 55.3 Å². The van der Waals surface area contributed by atoms with Crippen LogP contribution in [-0.4, -0.2) is 11.0 Å². The minimum Gasteiger partial charge on any atom is -0.507 e. The highest BCUT2D eigenvalue weighted by molar-refractivity contribution is 9.10. The number of halogens is 1. The minimum atomic E-state index is -0.398. The monoisotopic (exact) mass is 334 g/mol. The number of aromatic hydroxyl groups is 1. The zero-order valence-corrected chi connectivity index (χ0v) is 12.8. The summed E-state index contributed by atoms with van der Waals surface area (Å²) >= 11 is 3.23. The molecule has 0 saturated heterocycles. The topological polar surface area (TPSA) is 75.3 Å². The molecule has 2 aromatic carbocycles. The highest BCUT2D eigenvalue weighted by Crippen LogP contribution is 2.26. The van der Waals surface area contributed by atoms with Crippen LogP contribution >= 0.6 is 15.9 Å². The van der Waals surface area contributed by atoms with E-state index in [0.29, 0.717) is 15.8 Å². The molecule has 20 heavy (non-hydrogen) atoms. The molecule has 104 valence electrons. The SMILES string of the molecule is Cc1cc(N)c(NC(=O)c2ccc(Br)cc2O)cc1C. The summed E-state index contributed by atoms with van der Waals surface area (Å²) in [6.07, 6.45) is 0. The molecule has 5 heteroatoms. The van der Waals surface area contributed by atoms with E-state index in [9.17, 15) is 9.90 Å². The number of nitrogen functional groups attached to an aromatic ring is 1. The Morgan fingerprint density at radius 2 is 1.85 bits per heavy atom. The summed E-state index contributed by atoms with van der Waals surface area (Å²) in [4.78, 5) is 12.2. The zero-order chi connectivity index (χ0) is 14.9. The van der Waals surface area contributed by atoms with Crippen LogP contribution in [0.5, 0.6) is 5.75 Å². The van der Waals surface area contributed by atoms with Gasteiger partial charge < -0.3 is 16.2 Å². The average molecular weight is 335 g/mol. The lowest BCUT2D eigenvalue weighted by Crippen LogP contribution is -2.13. The maximum Gasteiger partial charge on any atom is 0.259 e. The molecule has 2 aromatic rings. The van der Waals surface area contributed by atoms with Crippen molar-refractivity contribution < 1.29 is 9.90 Å². The number of amides is 1. The van der Waals surface area contributed by atoms with Gasteiger partial charge in [0.05, 0.1) is 16.9 Å². The molecule has 1 amide bonds. The molecule has 0 spiro atoms. The molecule has 0 aliphatic carbocycles. The van der Waals surface area contributed by atoms with E-state index in [1.165, 1.54) is 6.07 Å². The molecule has 2 rings (SSSR count). The third kappa shape index (κ3) is 2.93. The molecular weight excluding hydrogens is 320 g/mol. The van der Waals surface area contributed by atoms with E-state index < -0.39 is 5.91 Å². The Balaban J connectivity index is 2.30. The van der Waals surface area contributed by atoms with Crippen LogP contribution in [0.15, 0.2) is 34.8 Å². The van der Waals surface area contributed by atoms with Crippen molar-refractivity contribution in [1.82, 2.24) is 0 Å². The first-order chi connectivity index (χ1) is 9.38. The largest absolute Gasteiger partial charge is 0.507 e. The van der Waals surface area contributed by atoms with Gasteiger partial charge in [-0.2, -0.15) is 0 Å². The number of nitrogens with two attached hydrogens (primary N) is 1. The molecule has 0 saturated carbocycles. The maximum absolute atomic E-state index is 12.2. The van der Waals surface area contributed by atoms with Gasteiger partial charge in [0, 0.05) is 4.47 Å². The summed E-state index contributed by atoms with van der Waals surface area (Å²) in [6.45, 7) is 3.90. The molecule has 0 heterocycles. The molecular formula is C15H15BrN2O2. The van der Waals surface area contributed by atoms with Gasteiger partial charge in [-0.1, -0.05) is 15.9 Å². The summed E-state index contributed by atoms with van der Waals surface area (Å²) in [5.41, 5.74) is 9.23. The molecule has 0 aliphatic heterocycles. The van der Waals surface area contributed by atoms with Crippen LogP contribution in [-0.2, 0) is 0 Å². The Morgan fingerprint density at radius 1 is 1.20 bits per heavy atom. The highest BCUT2D eigenvalue weighted by Gasteiger charge is 2.13. The lowest BCUT2D eigenvalue weighted by atomic mass is 10.1. The Labute approximate surface area is 125 Å². The Bertz CT molecular complexity index is 684. The number of hydrogen-bond donors (Lipinski definition) is 3. The number of carbonyl (C=O) groups is 1. The average Bonchev–Trinajstić information content (AvgIpc) is 2.35. The second-order valence-electron chi connectivity index (χ2n) is 4.64. The number of aryl methyl sites for hydroxylation is 2. The molecule has 0 unspecified atom stereocenters. The number of anilines is 2. The van der Waals surface area contributed by atoms with Crippen molar-refractivity contribution >= 4 is 33.2 Å². The lowest BCUT2D eigenvalue weighted by molar-refractivity contribution is 0.102. The molecule has 4 N–H and O–H groups in total. The van der Waals surface area contributed by atoms with Crippen molar-refractivity contribution in [3.05, 3.63) is 51.5 Å². The smallest absolute Gasteiger partial charge is 0.259 e. The van der Waals surface area contributed by atoms with Gasteiger partial charge in [0.25, 0.3) is 5.91 Å². The highest BCUT2D eigenvalue weighted by atomic mass is 79.9. The first kappa shape index (κ1) is 14.4. The van der Waals surface area contributed by atoms with Crippen LogP contribution in [0.4, 0.5) is 11.4 Å². The van der Waals surface area contributed by atoms with Crippen molar-refractivity contribution in [2.24, 2.45) is 0 Å². The standard InChI is InChI=1S/C15H15BrN2O2/c1-8-5-12(17)13(6-9(8)2)18-15(20)11-4-3-10(16)7-14(11)19/h3-7,19H,17H2,1-2H3,(H,18,20). The third-order valence-corrected chi connectivity index (χ3v) is 3.61. The van der Waals surface area contributed by atoms with E-state index in [0.717, 1.165) is 11.1 Å². The lowest BCUT2D eigenvalue weighted by Gasteiger charge is -2.12. The van der Waals surface area contributed by atoms with E-state index in [1.807, 2.05) is 26.0 Å². The molecule has 0 fully saturated rings.